The maximum Gasteiger partial charge on any atom is 0.0629 e. The summed E-state index contributed by atoms with van der Waals surface area (Å²) >= 11 is 0. The number of allylic oxidation sites excluding steroid dienone is 4. The van der Waals surface area contributed by atoms with E-state index in [1.165, 1.54) is 0 Å². The predicted molar refractivity (Wildman–Crippen MR) is 78.2 cm³/mol. The van der Waals surface area contributed by atoms with Crippen LogP contribution in [0.15, 0.2) is 72.6 Å². The number of rotatable bonds is 2. The normalized spacial score (nSPS) is 29.0. The Labute approximate surface area is 127 Å². The third-order valence-corrected chi connectivity index (χ3v) is 2.33. The zero-order chi connectivity index (χ0) is 23.6. The van der Waals surface area contributed by atoms with Crippen LogP contribution in [0.3, 0.4) is 0 Å². The molecule has 0 fully saturated rings. The van der Waals surface area contributed by atoms with E-state index in [1.54, 1.807) is 0 Å². The summed E-state index contributed by atoms with van der Waals surface area (Å²) < 4.78 is 105. The molecule has 0 spiro atoms. The van der Waals surface area contributed by atoms with E-state index in [1.807, 2.05) is 0 Å². The van der Waals surface area contributed by atoms with Crippen LogP contribution in [0.1, 0.15) is 36.2 Å². The monoisotopic (exact) mass is 245 g/mol. The standard InChI is InChI=1S/C18H16/c1-3-7-15(8-4-1)17-11-13-18(14-12-17)16-9-5-2-6-10-16/h1-5,7-9,11-14H,6,10H2/i1D,2D,3D,4D,5D,7D,8D,9D,10D2,11D,12D,13D. The molecule has 0 heteroatoms. The lowest BCUT2D eigenvalue weighted by molar-refractivity contribution is 1.05. The zero-order valence-corrected chi connectivity index (χ0v) is 9.28. The molecule has 0 bridgehead atoms. The van der Waals surface area contributed by atoms with E-state index in [0.717, 1.165) is 6.07 Å². The highest BCUT2D eigenvalue weighted by Crippen LogP contribution is 2.26. The van der Waals surface area contributed by atoms with Gasteiger partial charge in [0.15, 0.2) is 0 Å². The lowest BCUT2D eigenvalue weighted by atomic mass is 9.95. The summed E-state index contributed by atoms with van der Waals surface area (Å²) in [5.41, 5.74) is -1.47. The fraction of sp³-hybridized carbons (Fsp3) is 0.111. The summed E-state index contributed by atoms with van der Waals surface area (Å²) in [6.45, 7) is 0. The topological polar surface area (TPSA) is 0 Å². The van der Waals surface area contributed by atoms with Crippen LogP contribution in [-0.2, 0) is 0 Å². The Morgan fingerprint density at radius 2 is 1.67 bits per heavy atom. The summed E-state index contributed by atoms with van der Waals surface area (Å²) in [5.74, 6) is 0. The minimum absolute atomic E-state index is 0.279. The molecule has 0 unspecified atom stereocenters. The van der Waals surface area contributed by atoms with Crippen molar-refractivity contribution in [3.63, 3.8) is 0 Å². The van der Waals surface area contributed by atoms with E-state index in [4.69, 9.17) is 17.8 Å². The van der Waals surface area contributed by atoms with Crippen LogP contribution in [0.2, 0.25) is 0 Å². The minimum Gasteiger partial charge on any atom is -0.0842 e. The molecule has 18 heavy (non-hydrogen) atoms. The van der Waals surface area contributed by atoms with Crippen LogP contribution < -0.4 is 0 Å². The molecule has 1 aliphatic carbocycles. The minimum atomic E-state index is -2.29. The van der Waals surface area contributed by atoms with Crippen molar-refractivity contribution in [3.8, 4) is 11.1 Å². The molecular formula is C18H16. The summed E-state index contributed by atoms with van der Waals surface area (Å²) in [6, 6.07) is -5.49. The van der Waals surface area contributed by atoms with Gasteiger partial charge >= 0.3 is 0 Å². The molecule has 0 atom stereocenters. The second-order valence-corrected chi connectivity index (χ2v) is 3.48. The number of hydrogen-bond acceptors (Lipinski definition) is 0. The van der Waals surface area contributed by atoms with Crippen molar-refractivity contribution < 1.29 is 17.8 Å². The van der Waals surface area contributed by atoms with Crippen LogP contribution in [0.4, 0.5) is 0 Å². The van der Waals surface area contributed by atoms with E-state index in [0.29, 0.717) is 0 Å². The Morgan fingerprint density at radius 3 is 2.56 bits per heavy atom. The van der Waals surface area contributed by atoms with Gasteiger partial charge in [-0.05, 0) is 35.1 Å². The highest BCUT2D eigenvalue weighted by molar-refractivity contribution is 5.71. The SMILES string of the molecule is [2H]C1=C([2H])C([2H])=C(c2cc([2H])c(-c3c([2H])c([2H])c([2H])c([2H])c3[2H])c([2H])c2[2H])C([2H])([2H])C1. The first-order valence-corrected chi connectivity index (χ1v) is 5.28. The second-order valence-electron chi connectivity index (χ2n) is 3.48. The number of benzene rings is 2. The van der Waals surface area contributed by atoms with Crippen molar-refractivity contribution in [2.75, 3.05) is 0 Å². The maximum atomic E-state index is 8.36. The highest BCUT2D eigenvalue weighted by atomic mass is 14.1. The molecule has 0 amide bonds. The van der Waals surface area contributed by atoms with Gasteiger partial charge in [0.05, 0.1) is 15.1 Å². The molecule has 0 aliphatic heterocycles. The average Bonchev–Trinajstić information content (AvgIpc) is 2.69. The Kier molecular flexibility index (Phi) is 1.04. The lowest BCUT2D eigenvalue weighted by Gasteiger charge is -2.10. The van der Waals surface area contributed by atoms with E-state index >= 15 is 0 Å². The molecule has 0 N–H and O–H groups in total. The Balaban J connectivity index is 2.38. The first-order chi connectivity index (χ1) is 14.2. The van der Waals surface area contributed by atoms with E-state index in [-0.39, 0.29) is 17.2 Å². The maximum absolute atomic E-state index is 8.36. The largest absolute Gasteiger partial charge is 0.0842 e. The smallest absolute Gasteiger partial charge is 0.0629 e. The molecular weight excluding hydrogens is 216 g/mol. The van der Waals surface area contributed by atoms with Gasteiger partial charge in [-0.15, -0.1) is 0 Å². The molecule has 2 aromatic rings. The first kappa shape index (κ1) is 3.71. The second kappa shape index (κ2) is 5.05. The highest BCUT2D eigenvalue weighted by Gasteiger charge is 2.03. The molecule has 0 saturated carbocycles. The van der Waals surface area contributed by atoms with Gasteiger partial charge in [-0.1, -0.05) is 72.6 Å². The fourth-order valence-electron chi connectivity index (χ4n) is 1.48. The van der Waals surface area contributed by atoms with Crippen molar-refractivity contribution in [1.82, 2.24) is 0 Å². The Hall–Kier alpha value is -2.08. The van der Waals surface area contributed by atoms with Crippen LogP contribution in [0.25, 0.3) is 16.7 Å². The van der Waals surface area contributed by atoms with Crippen molar-refractivity contribution in [3.05, 3.63) is 78.1 Å². The first-order valence-electron chi connectivity index (χ1n) is 11.8. The lowest BCUT2D eigenvalue weighted by Crippen LogP contribution is -1.88. The zero-order valence-electron chi connectivity index (χ0n) is 22.3. The van der Waals surface area contributed by atoms with Crippen molar-refractivity contribution in [2.45, 2.75) is 12.8 Å². The average molecular weight is 245 g/mol. The number of hydrogen-bond donors (Lipinski definition) is 0. The Morgan fingerprint density at radius 1 is 0.889 bits per heavy atom. The Bertz CT molecular complexity index is 1160. The molecule has 0 aromatic heterocycles. The molecule has 88 valence electrons. The van der Waals surface area contributed by atoms with Crippen molar-refractivity contribution in [2.24, 2.45) is 0 Å². The molecule has 0 saturated heterocycles. The van der Waals surface area contributed by atoms with Crippen molar-refractivity contribution in [1.29, 1.82) is 0 Å². The summed E-state index contributed by atoms with van der Waals surface area (Å²) in [6.07, 6.45) is -2.79. The van der Waals surface area contributed by atoms with Gasteiger partial charge in [-0.3, -0.25) is 0 Å². The molecule has 3 rings (SSSR count). The van der Waals surface area contributed by atoms with Gasteiger partial charge in [0.25, 0.3) is 0 Å². The van der Waals surface area contributed by atoms with E-state index in [9.17, 15) is 0 Å². The predicted octanol–water partition coefficient (Wildman–Crippen LogP) is 5.09. The molecule has 0 nitrogen and oxygen atoms in total. The van der Waals surface area contributed by atoms with Gasteiger partial charge in [0.2, 0.25) is 0 Å². The molecule has 0 heterocycles. The van der Waals surface area contributed by atoms with Gasteiger partial charge in [0, 0.05) is 2.74 Å². The summed E-state index contributed by atoms with van der Waals surface area (Å²) in [4.78, 5) is 0. The molecule has 1 aliphatic rings. The van der Waals surface area contributed by atoms with Crippen LogP contribution >= 0.6 is 0 Å². The molecule has 2 aromatic carbocycles. The summed E-state index contributed by atoms with van der Waals surface area (Å²) in [7, 11) is 0. The fourth-order valence-corrected chi connectivity index (χ4v) is 1.48. The van der Waals surface area contributed by atoms with Crippen molar-refractivity contribution >= 4 is 5.57 Å². The van der Waals surface area contributed by atoms with Gasteiger partial charge in [-0.2, -0.15) is 0 Å². The van der Waals surface area contributed by atoms with Crippen LogP contribution in [0.5, 0.6) is 0 Å². The van der Waals surface area contributed by atoms with Gasteiger partial charge < -0.3 is 0 Å². The quantitative estimate of drug-likeness (QED) is 0.691. The van der Waals surface area contributed by atoms with E-state index in [2.05, 4.69) is 0 Å². The van der Waals surface area contributed by atoms with Crippen LogP contribution in [0, 0.1) is 0 Å². The van der Waals surface area contributed by atoms with E-state index < -0.39 is 84.4 Å². The van der Waals surface area contributed by atoms with Gasteiger partial charge in [-0.25, -0.2) is 0 Å². The van der Waals surface area contributed by atoms with Crippen LogP contribution in [-0.4, -0.2) is 0 Å². The summed E-state index contributed by atoms with van der Waals surface area (Å²) in [5, 5.41) is 0. The van der Waals surface area contributed by atoms with Gasteiger partial charge in [0.1, 0.15) is 0 Å². The third kappa shape index (κ3) is 2.28. The molecule has 0 radical (unpaired) electrons. The third-order valence-electron chi connectivity index (χ3n) is 2.33.